The average Bonchev–Trinajstić information content (AvgIpc) is 2.71. The maximum absolute atomic E-state index is 5.88. The zero-order valence-electron chi connectivity index (χ0n) is 8.52. The third kappa shape index (κ3) is 2.13. The van der Waals surface area contributed by atoms with E-state index in [1.807, 2.05) is 11.6 Å². The van der Waals surface area contributed by atoms with E-state index in [4.69, 9.17) is 5.73 Å². The molecule has 4 heteroatoms. The van der Waals surface area contributed by atoms with Crippen molar-refractivity contribution in [2.45, 2.75) is 31.8 Å². The molecule has 3 nitrogen and oxygen atoms in total. The number of hydrogen-bond acceptors (Lipinski definition) is 4. The van der Waals surface area contributed by atoms with Gasteiger partial charge in [-0.05, 0) is 19.8 Å². The van der Waals surface area contributed by atoms with Crippen molar-refractivity contribution < 1.29 is 0 Å². The van der Waals surface area contributed by atoms with Crippen LogP contribution < -0.4 is 5.73 Å². The van der Waals surface area contributed by atoms with E-state index < -0.39 is 0 Å². The predicted octanol–water partition coefficient (Wildman–Crippen LogP) is 1.63. The lowest BCUT2D eigenvalue weighted by Gasteiger charge is -2.33. The highest BCUT2D eigenvalue weighted by Gasteiger charge is 2.22. The van der Waals surface area contributed by atoms with Crippen LogP contribution in [0.3, 0.4) is 0 Å². The summed E-state index contributed by atoms with van der Waals surface area (Å²) < 4.78 is 0. The van der Waals surface area contributed by atoms with Gasteiger partial charge in [0.15, 0.2) is 0 Å². The van der Waals surface area contributed by atoms with E-state index in [9.17, 15) is 0 Å². The molecule has 1 aromatic rings. The van der Waals surface area contributed by atoms with Gasteiger partial charge in [0.25, 0.3) is 0 Å². The van der Waals surface area contributed by atoms with Crippen LogP contribution in [-0.4, -0.2) is 29.0 Å². The Morgan fingerprint density at radius 2 is 2.29 bits per heavy atom. The van der Waals surface area contributed by atoms with Crippen LogP contribution in [0.2, 0.25) is 0 Å². The van der Waals surface area contributed by atoms with E-state index in [1.54, 1.807) is 11.3 Å². The number of aromatic nitrogens is 1. The minimum Gasteiger partial charge on any atom is -0.328 e. The molecule has 1 atom stereocenters. The van der Waals surface area contributed by atoms with Crippen molar-refractivity contribution >= 4 is 11.3 Å². The van der Waals surface area contributed by atoms with Crippen molar-refractivity contribution in [2.24, 2.45) is 5.73 Å². The van der Waals surface area contributed by atoms with Gasteiger partial charge in [0.1, 0.15) is 5.01 Å². The molecule has 78 valence electrons. The monoisotopic (exact) mass is 211 g/mol. The van der Waals surface area contributed by atoms with Gasteiger partial charge in [0.05, 0.1) is 6.04 Å². The Morgan fingerprint density at radius 1 is 1.57 bits per heavy atom. The van der Waals surface area contributed by atoms with E-state index in [-0.39, 0.29) is 0 Å². The van der Waals surface area contributed by atoms with Crippen molar-refractivity contribution in [2.75, 3.05) is 13.1 Å². The van der Waals surface area contributed by atoms with Crippen LogP contribution in [-0.2, 0) is 0 Å². The Balaban J connectivity index is 1.95. The standard InChI is InChI=1S/C10H17N3S/c1-8(10-12-4-7-14-10)13-5-2-9(11)3-6-13/h4,7-9H,2-3,5-6,11H2,1H3/t8-/m1/s1. The smallest absolute Gasteiger partial charge is 0.109 e. The molecule has 0 amide bonds. The largest absolute Gasteiger partial charge is 0.328 e. The highest BCUT2D eigenvalue weighted by atomic mass is 32.1. The van der Waals surface area contributed by atoms with E-state index in [2.05, 4.69) is 16.8 Å². The Kier molecular flexibility index (Phi) is 3.15. The molecule has 0 radical (unpaired) electrons. The maximum Gasteiger partial charge on any atom is 0.109 e. The molecule has 0 spiro atoms. The van der Waals surface area contributed by atoms with Gasteiger partial charge in [-0.2, -0.15) is 0 Å². The molecule has 1 aromatic heterocycles. The van der Waals surface area contributed by atoms with Gasteiger partial charge in [-0.1, -0.05) is 0 Å². The summed E-state index contributed by atoms with van der Waals surface area (Å²) in [5.74, 6) is 0. The van der Waals surface area contributed by atoms with Gasteiger partial charge in [-0.15, -0.1) is 11.3 Å². The van der Waals surface area contributed by atoms with Crippen molar-refractivity contribution in [1.82, 2.24) is 9.88 Å². The SMILES string of the molecule is C[C@H](c1nccs1)N1CCC(N)CC1. The topological polar surface area (TPSA) is 42.2 Å². The second kappa shape index (κ2) is 4.38. The van der Waals surface area contributed by atoms with Gasteiger partial charge in [0.2, 0.25) is 0 Å². The zero-order valence-corrected chi connectivity index (χ0v) is 9.33. The molecule has 2 rings (SSSR count). The number of rotatable bonds is 2. The van der Waals surface area contributed by atoms with Crippen molar-refractivity contribution in [3.8, 4) is 0 Å². The molecule has 1 aliphatic heterocycles. The highest BCUT2D eigenvalue weighted by Crippen LogP contribution is 2.24. The molecule has 0 aromatic carbocycles. The second-order valence-electron chi connectivity index (χ2n) is 3.92. The van der Waals surface area contributed by atoms with Crippen LogP contribution in [0.15, 0.2) is 11.6 Å². The van der Waals surface area contributed by atoms with Crippen molar-refractivity contribution in [3.63, 3.8) is 0 Å². The lowest BCUT2D eigenvalue weighted by atomic mass is 10.0. The predicted molar refractivity (Wildman–Crippen MR) is 59.3 cm³/mol. The summed E-state index contributed by atoms with van der Waals surface area (Å²) in [6, 6.07) is 0.872. The normalized spacial score (nSPS) is 22.4. The number of thiazole rings is 1. The first kappa shape index (κ1) is 10.1. The van der Waals surface area contributed by atoms with Gasteiger partial charge < -0.3 is 5.73 Å². The zero-order chi connectivity index (χ0) is 9.97. The van der Waals surface area contributed by atoms with Crippen LogP contribution in [0.5, 0.6) is 0 Å². The summed E-state index contributed by atoms with van der Waals surface area (Å²) in [5.41, 5.74) is 5.88. The van der Waals surface area contributed by atoms with Crippen molar-refractivity contribution in [1.29, 1.82) is 0 Å². The number of hydrogen-bond donors (Lipinski definition) is 1. The van der Waals surface area contributed by atoms with Crippen molar-refractivity contribution in [3.05, 3.63) is 16.6 Å². The third-order valence-corrected chi connectivity index (χ3v) is 3.88. The highest BCUT2D eigenvalue weighted by molar-refractivity contribution is 7.09. The Bertz CT molecular complexity index is 265. The Morgan fingerprint density at radius 3 is 2.86 bits per heavy atom. The molecule has 2 N–H and O–H groups in total. The average molecular weight is 211 g/mol. The molecule has 14 heavy (non-hydrogen) atoms. The molecule has 1 aliphatic rings. The fourth-order valence-corrected chi connectivity index (χ4v) is 2.63. The van der Waals surface area contributed by atoms with E-state index in [0.29, 0.717) is 12.1 Å². The van der Waals surface area contributed by atoms with E-state index in [1.165, 1.54) is 5.01 Å². The summed E-state index contributed by atoms with van der Waals surface area (Å²) >= 11 is 1.74. The van der Waals surface area contributed by atoms with Crippen LogP contribution in [0.4, 0.5) is 0 Å². The van der Waals surface area contributed by atoms with Gasteiger partial charge in [-0.25, -0.2) is 4.98 Å². The third-order valence-electron chi connectivity index (χ3n) is 2.93. The van der Waals surface area contributed by atoms with E-state index >= 15 is 0 Å². The summed E-state index contributed by atoms with van der Waals surface area (Å²) in [6.45, 7) is 4.46. The summed E-state index contributed by atoms with van der Waals surface area (Å²) in [4.78, 5) is 6.83. The summed E-state index contributed by atoms with van der Waals surface area (Å²) in [5, 5.41) is 3.27. The quantitative estimate of drug-likeness (QED) is 0.808. The molecule has 1 fully saturated rings. The number of piperidine rings is 1. The molecular weight excluding hydrogens is 194 g/mol. The van der Waals surface area contributed by atoms with Gasteiger partial charge >= 0.3 is 0 Å². The lowest BCUT2D eigenvalue weighted by molar-refractivity contribution is 0.163. The number of nitrogens with two attached hydrogens (primary N) is 1. The minimum absolute atomic E-state index is 0.412. The molecule has 0 saturated carbocycles. The summed E-state index contributed by atoms with van der Waals surface area (Å²) in [7, 11) is 0. The summed E-state index contributed by atoms with van der Waals surface area (Å²) in [6.07, 6.45) is 4.12. The molecule has 0 unspecified atom stereocenters. The fourth-order valence-electron chi connectivity index (χ4n) is 1.90. The first-order chi connectivity index (χ1) is 6.77. The maximum atomic E-state index is 5.88. The lowest BCUT2D eigenvalue weighted by Crippen LogP contribution is -2.40. The fraction of sp³-hybridized carbons (Fsp3) is 0.700. The van der Waals surface area contributed by atoms with Gasteiger partial charge in [-0.3, -0.25) is 4.90 Å². The molecule has 1 saturated heterocycles. The van der Waals surface area contributed by atoms with Crippen LogP contribution in [0.1, 0.15) is 30.8 Å². The Labute approximate surface area is 88.9 Å². The molecule has 2 heterocycles. The van der Waals surface area contributed by atoms with Gasteiger partial charge in [0, 0.05) is 30.7 Å². The number of nitrogens with zero attached hydrogens (tertiary/aromatic N) is 2. The first-order valence-electron chi connectivity index (χ1n) is 5.16. The van der Waals surface area contributed by atoms with Crippen LogP contribution >= 0.6 is 11.3 Å². The van der Waals surface area contributed by atoms with Crippen LogP contribution in [0, 0.1) is 0 Å². The Hall–Kier alpha value is -0.450. The molecule has 0 bridgehead atoms. The van der Waals surface area contributed by atoms with Crippen LogP contribution in [0.25, 0.3) is 0 Å². The minimum atomic E-state index is 0.412. The first-order valence-corrected chi connectivity index (χ1v) is 6.04. The molecular formula is C10H17N3S. The molecule has 0 aliphatic carbocycles. The van der Waals surface area contributed by atoms with E-state index in [0.717, 1.165) is 25.9 Å². The number of likely N-dealkylation sites (tertiary alicyclic amines) is 1. The second-order valence-corrected chi connectivity index (χ2v) is 4.85.